The average Bonchev–Trinajstić information content (AvgIpc) is 2.47. The second-order valence-corrected chi connectivity index (χ2v) is 6.83. The van der Waals surface area contributed by atoms with Crippen molar-refractivity contribution in [1.29, 1.82) is 5.26 Å². The number of hydrogen-bond donors (Lipinski definition) is 0. The van der Waals surface area contributed by atoms with Crippen LogP contribution in [0.25, 0.3) is 0 Å². The molecule has 5 nitrogen and oxygen atoms in total. The van der Waals surface area contributed by atoms with E-state index in [-0.39, 0.29) is 28.7 Å². The van der Waals surface area contributed by atoms with Gasteiger partial charge in [-0.15, -0.1) is 0 Å². The molecule has 1 aromatic carbocycles. The standard InChI is InChI=1S/C14H16N2O3S/c1-11(17)13-6-4-8-16(10-13)20(18,19)14-7-3-2-5-12(14)9-15/h2-3,5,7,13H,4,6,8,10H2,1H3. The van der Waals surface area contributed by atoms with E-state index in [0.717, 1.165) is 6.42 Å². The smallest absolute Gasteiger partial charge is 0.244 e. The van der Waals surface area contributed by atoms with E-state index in [0.29, 0.717) is 13.0 Å². The summed E-state index contributed by atoms with van der Waals surface area (Å²) in [6, 6.07) is 8.05. The third-order valence-corrected chi connectivity index (χ3v) is 5.51. The van der Waals surface area contributed by atoms with Crippen LogP contribution in [0.5, 0.6) is 0 Å². The largest absolute Gasteiger partial charge is 0.300 e. The summed E-state index contributed by atoms with van der Waals surface area (Å²) in [6.45, 7) is 2.09. The summed E-state index contributed by atoms with van der Waals surface area (Å²) in [5, 5.41) is 9.03. The molecule has 0 spiro atoms. The molecule has 106 valence electrons. The highest BCUT2D eigenvalue weighted by molar-refractivity contribution is 7.89. The summed E-state index contributed by atoms with van der Waals surface area (Å²) < 4.78 is 26.5. The van der Waals surface area contributed by atoms with Gasteiger partial charge in [-0.25, -0.2) is 8.42 Å². The summed E-state index contributed by atoms with van der Waals surface area (Å²) in [6.07, 6.45) is 1.39. The minimum absolute atomic E-state index is 0.0125. The van der Waals surface area contributed by atoms with Crippen LogP contribution in [-0.4, -0.2) is 31.6 Å². The maximum Gasteiger partial charge on any atom is 0.244 e. The Kier molecular flexibility index (Phi) is 4.21. The number of Topliss-reactive ketones (excluding diaryl/α,β-unsaturated/α-hetero) is 1. The molecule has 0 aromatic heterocycles. The van der Waals surface area contributed by atoms with Crippen LogP contribution in [-0.2, 0) is 14.8 Å². The van der Waals surface area contributed by atoms with Gasteiger partial charge in [0, 0.05) is 19.0 Å². The van der Waals surface area contributed by atoms with Crippen LogP contribution in [0.3, 0.4) is 0 Å². The molecular formula is C14H16N2O3S. The quantitative estimate of drug-likeness (QED) is 0.846. The Labute approximate surface area is 118 Å². The van der Waals surface area contributed by atoms with Crippen LogP contribution < -0.4 is 0 Å². The van der Waals surface area contributed by atoms with E-state index in [4.69, 9.17) is 5.26 Å². The van der Waals surface area contributed by atoms with E-state index in [9.17, 15) is 13.2 Å². The molecule has 1 atom stereocenters. The van der Waals surface area contributed by atoms with Crippen LogP contribution in [0.1, 0.15) is 25.3 Å². The van der Waals surface area contributed by atoms with Gasteiger partial charge < -0.3 is 0 Å². The summed E-state index contributed by atoms with van der Waals surface area (Å²) >= 11 is 0. The van der Waals surface area contributed by atoms with Crippen LogP contribution in [0.4, 0.5) is 0 Å². The number of hydrogen-bond acceptors (Lipinski definition) is 4. The van der Waals surface area contributed by atoms with Gasteiger partial charge in [0.15, 0.2) is 0 Å². The zero-order chi connectivity index (χ0) is 14.8. The predicted molar refractivity (Wildman–Crippen MR) is 73.3 cm³/mol. The number of ketones is 1. The number of carbonyl (C=O) groups is 1. The molecule has 0 saturated carbocycles. The number of benzene rings is 1. The Bertz CT molecular complexity index is 661. The van der Waals surface area contributed by atoms with Gasteiger partial charge in [-0.3, -0.25) is 4.79 Å². The summed E-state index contributed by atoms with van der Waals surface area (Å²) in [5.74, 6) is -0.230. The van der Waals surface area contributed by atoms with Crippen LogP contribution >= 0.6 is 0 Å². The molecule has 1 aliphatic heterocycles. The molecular weight excluding hydrogens is 276 g/mol. The molecule has 1 aliphatic rings. The summed E-state index contributed by atoms with van der Waals surface area (Å²) in [5.41, 5.74) is 0.137. The highest BCUT2D eigenvalue weighted by atomic mass is 32.2. The molecule has 1 aromatic rings. The van der Waals surface area contributed by atoms with Gasteiger partial charge >= 0.3 is 0 Å². The molecule has 0 amide bonds. The van der Waals surface area contributed by atoms with Gasteiger partial charge in [0.1, 0.15) is 11.9 Å². The Morgan fingerprint density at radius 1 is 1.40 bits per heavy atom. The zero-order valence-electron chi connectivity index (χ0n) is 11.2. The van der Waals surface area contributed by atoms with E-state index in [1.807, 2.05) is 6.07 Å². The van der Waals surface area contributed by atoms with E-state index >= 15 is 0 Å². The Morgan fingerprint density at radius 2 is 2.10 bits per heavy atom. The van der Waals surface area contributed by atoms with Crippen molar-refractivity contribution in [3.63, 3.8) is 0 Å². The Balaban J connectivity index is 2.35. The van der Waals surface area contributed by atoms with Crippen molar-refractivity contribution < 1.29 is 13.2 Å². The molecule has 1 fully saturated rings. The first-order valence-corrected chi connectivity index (χ1v) is 7.90. The highest BCUT2D eigenvalue weighted by Crippen LogP contribution is 2.25. The maximum atomic E-state index is 12.6. The Morgan fingerprint density at radius 3 is 2.75 bits per heavy atom. The second-order valence-electron chi connectivity index (χ2n) is 4.92. The first kappa shape index (κ1) is 14.7. The predicted octanol–water partition coefficient (Wildman–Crippen LogP) is 1.55. The molecule has 1 heterocycles. The van der Waals surface area contributed by atoms with Crippen LogP contribution in [0.2, 0.25) is 0 Å². The average molecular weight is 292 g/mol. The molecule has 0 N–H and O–H groups in total. The second kappa shape index (κ2) is 5.73. The normalized spacial score (nSPS) is 20.3. The topological polar surface area (TPSA) is 78.2 Å². The minimum atomic E-state index is -3.71. The van der Waals surface area contributed by atoms with E-state index < -0.39 is 10.0 Å². The van der Waals surface area contributed by atoms with E-state index in [1.54, 1.807) is 12.1 Å². The van der Waals surface area contributed by atoms with Crippen molar-refractivity contribution >= 4 is 15.8 Å². The molecule has 0 radical (unpaired) electrons. The van der Waals surface area contributed by atoms with Crippen molar-refractivity contribution in [3.05, 3.63) is 29.8 Å². The highest BCUT2D eigenvalue weighted by Gasteiger charge is 2.33. The van der Waals surface area contributed by atoms with E-state index in [2.05, 4.69) is 0 Å². The number of sulfonamides is 1. The molecule has 2 rings (SSSR count). The Hall–Kier alpha value is -1.71. The minimum Gasteiger partial charge on any atom is -0.300 e. The lowest BCUT2D eigenvalue weighted by Crippen LogP contribution is -2.42. The number of nitriles is 1. The van der Waals surface area contributed by atoms with Gasteiger partial charge in [-0.05, 0) is 31.9 Å². The summed E-state index contributed by atoms with van der Waals surface area (Å²) in [4.78, 5) is 11.5. The first-order valence-electron chi connectivity index (χ1n) is 6.46. The lowest BCUT2D eigenvalue weighted by molar-refractivity contribution is -0.121. The van der Waals surface area contributed by atoms with Gasteiger partial charge in [-0.2, -0.15) is 9.57 Å². The molecule has 0 bridgehead atoms. The third-order valence-electron chi connectivity index (χ3n) is 3.58. The number of carbonyl (C=O) groups excluding carboxylic acids is 1. The van der Waals surface area contributed by atoms with Gasteiger partial charge in [-0.1, -0.05) is 12.1 Å². The molecule has 0 aliphatic carbocycles. The summed E-state index contributed by atoms with van der Waals surface area (Å²) in [7, 11) is -3.71. The zero-order valence-corrected chi connectivity index (χ0v) is 12.1. The van der Waals surface area contributed by atoms with Gasteiger partial charge in [0.2, 0.25) is 10.0 Å². The van der Waals surface area contributed by atoms with Crippen molar-refractivity contribution in [3.8, 4) is 6.07 Å². The monoisotopic (exact) mass is 292 g/mol. The van der Waals surface area contributed by atoms with Crippen molar-refractivity contribution in [1.82, 2.24) is 4.31 Å². The number of piperidine rings is 1. The lowest BCUT2D eigenvalue weighted by atomic mass is 9.96. The molecule has 20 heavy (non-hydrogen) atoms. The van der Waals surface area contributed by atoms with Crippen molar-refractivity contribution in [2.24, 2.45) is 5.92 Å². The molecule has 1 unspecified atom stereocenters. The van der Waals surface area contributed by atoms with E-state index in [1.165, 1.54) is 23.4 Å². The fraction of sp³-hybridized carbons (Fsp3) is 0.429. The SMILES string of the molecule is CC(=O)C1CCCN(S(=O)(=O)c2ccccc2C#N)C1. The van der Waals surface area contributed by atoms with Crippen molar-refractivity contribution in [2.75, 3.05) is 13.1 Å². The third kappa shape index (κ3) is 2.74. The fourth-order valence-electron chi connectivity index (χ4n) is 2.42. The lowest BCUT2D eigenvalue weighted by Gasteiger charge is -2.30. The molecule has 1 saturated heterocycles. The van der Waals surface area contributed by atoms with Gasteiger partial charge in [0.05, 0.1) is 10.5 Å². The number of rotatable bonds is 3. The van der Waals surface area contributed by atoms with Crippen LogP contribution in [0, 0.1) is 17.2 Å². The first-order chi connectivity index (χ1) is 9.46. The van der Waals surface area contributed by atoms with Gasteiger partial charge in [0.25, 0.3) is 0 Å². The fourth-order valence-corrected chi connectivity index (χ4v) is 4.08. The number of nitrogens with zero attached hydrogens (tertiary/aromatic N) is 2. The molecule has 6 heteroatoms. The maximum absolute atomic E-state index is 12.6. The van der Waals surface area contributed by atoms with Crippen LogP contribution in [0.15, 0.2) is 29.2 Å². The van der Waals surface area contributed by atoms with Crippen molar-refractivity contribution in [2.45, 2.75) is 24.7 Å².